The first-order valence-electron chi connectivity index (χ1n) is 6.29. The van der Waals surface area contributed by atoms with Gasteiger partial charge in [-0.3, -0.25) is 9.78 Å². The number of carbonyl (C=O) groups is 1. The Hall–Kier alpha value is -2.54. The van der Waals surface area contributed by atoms with Gasteiger partial charge in [0.1, 0.15) is 10.6 Å². The molecule has 3 aromatic heterocycles. The minimum absolute atomic E-state index is 0.175. The van der Waals surface area contributed by atoms with E-state index in [4.69, 9.17) is 4.42 Å². The summed E-state index contributed by atoms with van der Waals surface area (Å²) in [6.07, 6.45) is 5.05. The molecule has 21 heavy (non-hydrogen) atoms. The minimum atomic E-state index is -0.175. The first-order valence-corrected chi connectivity index (χ1v) is 7.06. The number of aromatic nitrogens is 3. The molecule has 3 rings (SSSR count). The van der Waals surface area contributed by atoms with E-state index >= 15 is 0 Å². The molecule has 3 heterocycles. The Bertz CT molecular complexity index is 752. The Balaban J connectivity index is 1.70. The molecule has 0 saturated heterocycles. The molecule has 0 bridgehead atoms. The number of amides is 1. The van der Waals surface area contributed by atoms with Gasteiger partial charge in [0.15, 0.2) is 0 Å². The van der Waals surface area contributed by atoms with Crippen LogP contribution in [0.25, 0.3) is 11.3 Å². The van der Waals surface area contributed by atoms with Crippen LogP contribution < -0.4 is 5.32 Å². The zero-order chi connectivity index (χ0) is 14.7. The third-order valence-corrected chi connectivity index (χ3v) is 3.74. The van der Waals surface area contributed by atoms with E-state index < -0.39 is 0 Å². The normalized spacial score (nSPS) is 10.5. The molecule has 0 aliphatic carbocycles. The van der Waals surface area contributed by atoms with Crippen LogP contribution in [-0.2, 0) is 6.54 Å². The van der Waals surface area contributed by atoms with Crippen LogP contribution in [0.5, 0.6) is 0 Å². The van der Waals surface area contributed by atoms with Crippen LogP contribution in [0, 0.1) is 6.92 Å². The van der Waals surface area contributed by atoms with Crippen molar-refractivity contribution in [3.8, 4) is 11.3 Å². The fourth-order valence-corrected chi connectivity index (χ4v) is 2.44. The van der Waals surface area contributed by atoms with E-state index in [0.717, 1.165) is 28.4 Å². The number of furan rings is 1. The molecule has 0 aliphatic rings. The van der Waals surface area contributed by atoms with Crippen molar-refractivity contribution in [1.82, 2.24) is 19.9 Å². The number of nitrogens with zero attached hydrogens (tertiary/aromatic N) is 3. The summed E-state index contributed by atoms with van der Waals surface area (Å²) in [5.41, 5.74) is 2.41. The first-order chi connectivity index (χ1) is 10.2. The molecule has 0 saturated carbocycles. The number of carbonyl (C=O) groups excluding carboxylic acids is 1. The average Bonchev–Trinajstić information content (AvgIpc) is 3.16. The fraction of sp³-hybridized carbons (Fsp3) is 0.143. The first kappa shape index (κ1) is 13.4. The van der Waals surface area contributed by atoms with Crippen molar-refractivity contribution in [1.29, 1.82) is 0 Å². The lowest BCUT2D eigenvalue weighted by Gasteiger charge is -2.05. The molecule has 0 aromatic carbocycles. The molecule has 0 unspecified atom stereocenters. The van der Waals surface area contributed by atoms with Crippen LogP contribution in [0.4, 0.5) is 0 Å². The second-order valence-corrected chi connectivity index (χ2v) is 5.18. The summed E-state index contributed by atoms with van der Waals surface area (Å²) in [7, 11) is 0. The van der Waals surface area contributed by atoms with Crippen molar-refractivity contribution in [2.75, 3.05) is 0 Å². The summed E-state index contributed by atoms with van der Waals surface area (Å²) in [6.45, 7) is 2.15. The van der Waals surface area contributed by atoms with Gasteiger partial charge in [-0.1, -0.05) is 4.49 Å². The second-order valence-electron chi connectivity index (χ2n) is 4.43. The number of pyridine rings is 1. The maximum atomic E-state index is 12.0. The van der Waals surface area contributed by atoms with Crippen LogP contribution in [0.1, 0.15) is 20.9 Å². The van der Waals surface area contributed by atoms with E-state index in [1.165, 1.54) is 0 Å². The van der Waals surface area contributed by atoms with Crippen molar-refractivity contribution in [3.05, 3.63) is 53.0 Å². The molecule has 0 atom stereocenters. The van der Waals surface area contributed by atoms with E-state index in [0.29, 0.717) is 17.1 Å². The highest BCUT2D eigenvalue weighted by molar-refractivity contribution is 7.07. The molecule has 1 amide bonds. The zero-order valence-electron chi connectivity index (χ0n) is 11.2. The number of nitrogens with one attached hydrogen (secondary N) is 1. The standard InChI is InChI=1S/C14H12N4O2S/c1-9-13(21-18-17-9)14(19)16-7-10-5-11(8-15-6-10)12-3-2-4-20-12/h2-6,8H,7H2,1H3,(H,16,19). The Kier molecular flexibility index (Phi) is 3.74. The Morgan fingerprint density at radius 1 is 1.43 bits per heavy atom. The van der Waals surface area contributed by atoms with Crippen molar-refractivity contribution < 1.29 is 9.21 Å². The Labute approximate surface area is 125 Å². The van der Waals surface area contributed by atoms with Crippen LogP contribution in [0.15, 0.2) is 41.3 Å². The predicted molar refractivity (Wildman–Crippen MR) is 77.8 cm³/mol. The van der Waals surface area contributed by atoms with Crippen molar-refractivity contribution in [2.45, 2.75) is 13.5 Å². The van der Waals surface area contributed by atoms with Gasteiger partial charge in [-0.2, -0.15) is 0 Å². The van der Waals surface area contributed by atoms with Crippen molar-refractivity contribution in [3.63, 3.8) is 0 Å². The summed E-state index contributed by atoms with van der Waals surface area (Å²) in [5, 5.41) is 6.66. The summed E-state index contributed by atoms with van der Waals surface area (Å²) < 4.78 is 9.08. The lowest BCUT2D eigenvalue weighted by atomic mass is 10.1. The number of hydrogen-bond donors (Lipinski definition) is 1. The lowest BCUT2D eigenvalue weighted by Crippen LogP contribution is -2.22. The number of hydrogen-bond acceptors (Lipinski definition) is 6. The maximum absolute atomic E-state index is 12.0. The van der Waals surface area contributed by atoms with Gasteiger partial charge in [0, 0.05) is 24.5 Å². The molecule has 106 valence electrons. The molecule has 0 aliphatic heterocycles. The Morgan fingerprint density at radius 3 is 3.05 bits per heavy atom. The van der Waals surface area contributed by atoms with E-state index in [1.807, 2.05) is 18.2 Å². The summed E-state index contributed by atoms with van der Waals surface area (Å²) in [6, 6.07) is 5.62. The predicted octanol–water partition coefficient (Wildman–Crippen LogP) is 2.43. The fourth-order valence-electron chi connectivity index (χ4n) is 1.86. The average molecular weight is 300 g/mol. The van der Waals surface area contributed by atoms with Crippen LogP contribution in [0.2, 0.25) is 0 Å². The lowest BCUT2D eigenvalue weighted by molar-refractivity contribution is 0.0954. The van der Waals surface area contributed by atoms with Gasteiger partial charge in [-0.15, -0.1) is 5.10 Å². The molecule has 0 fully saturated rings. The molecule has 6 nitrogen and oxygen atoms in total. The summed E-state index contributed by atoms with van der Waals surface area (Å²) >= 11 is 1.09. The topological polar surface area (TPSA) is 80.9 Å². The van der Waals surface area contributed by atoms with E-state index in [2.05, 4.69) is 19.9 Å². The van der Waals surface area contributed by atoms with Crippen LogP contribution in [-0.4, -0.2) is 20.5 Å². The number of rotatable bonds is 4. The van der Waals surface area contributed by atoms with Gasteiger partial charge < -0.3 is 9.73 Å². The third kappa shape index (κ3) is 2.97. The van der Waals surface area contributed by atoms with E-state index in [1.54, 1.807) is 25.6 Å². The SMILES string of the molecule is Cc1nnsc1C(=O)NCc1cncc(-c2ccco2)c1. The molecule has 0 spiro atoms. The summed E-state index contributed by atoms with van der Waals surface area (Å²) in [4.78, 5) is 16.7. The van der Waals surface area contributed by atoms with Gasteiger partial charge in [-0.25, -0.2) is 0 Å². The van der Waals surface area contributed by atoms with Crippen molar-refractivity contribution >= 4 is 17.4 Å². The van der Waals surface area contributed by atoms with Crippen LogP contribution in [0.3, 0.4) is 0 Å². The van der Waals surface area contributed by atoms with E-state index in [9.17, 15) is 4.79 Å². The monoisotopic (exact) mass is 300 g/mol. The van der Waals surface area contributed by atoms with E-state index in [-0.39, 0.29) is 5.91 Å². The van der Waals surface area contributed by atoms with Crippen molar-refractivity contribution in [2.24, 2.45) is 0 Å². The molecule has 3 aromatic rings. The molecule has 7 heteroatoms. The largest absolute Gasteiger partial charge is 0.464 e. The van der Waals surface area contributed by atoms with Gasteiger partial charge in [0.2, 0.25) is 0 Å². The number of aryl methyl sites for hydroxylation is 1. The molecule has 1 N–H and O–H groups in total. The third-order valence-electron chi connectivity index (χ3n) is 2.91. The quantitative estimate of drug-likeness (QED) is 0.800. The molecular weight excluding hydrogens is 288 g/mol. The maximum Gasteiger partial charge on any atom is 0.265 e. The van der Waals surface area contributed by atoms with Gasteiger partial charge in [0.05, 0.1) is 12.0 Å². The molecular formula is C14H12N4O2S. The highest BCUT2D eigenvalue weighted by Crippen LogP contribution is 2.19. The highest BCUT2D eigenvalue weighted by Gasteiger charge is 2.12. The smallest absolute Gasteiger partial charge is 0.265 e. The highest BCUT2D eigenvalue weighted by atomic mass is 32.1. The van der Waals surface area contributed by atoms with Gasteiger partial charge >= 0.3 is 0 Å². The molecule has 0 radical (unpaired) electrons. The van der Waals surface area contributed by atoms with Gasteiger partial charge in [0.25, 0.3) is 5.91 Å². The minimum Gasteiger partial charge on any atom is -0.464 e. The van der Waals surface area contributed by atoms with Crippen LogP contribution >= 0.6 is 11.5 Å². The Morgan fingerprint density at radius 2 is 2.33 bits per heavy atom. The summed E-state index contributed by atoms with van der Waals surface area (Å²) in [5.74, 6) is 0.573. The second kappa shape index (κ2) is 5.84. The zero-order valence-corrected chi connectivity index (χ0v) is 12.1. The van der Waals surface area contributed by atoms with Gasteiger partial charge in [-0.05, 0) is 42.2 Å².